The van der Waals surface area contributed by atoms with Gasteiger partial charge in [-0.1, -0.05) is 31.2 Å². The lowest BCUT2D eigenvalue weighted by Gasteiger charge is -2.20. The predicted molar refractivity (Wildman–Crippen MR) is 127 cm³/mol. The smallest absolute Gasteiger partial charge is 0.346 e. The average Bonchev–Trinajstić information content (AvgIpc) is 3.20. The highest BCUT2D eigenvalue weighted by Crippen LogP contribution is 2.30. The second-order valence-corrected chi connectivity index (χ2v) is 9.65. The van der Waals surface area contributed by atoms with Crippen molar-refractivity contribution in [1.82, 2.24) is 5.01 Å². The molecule has 0 spiro atoms. The van der Waals surface area contributed by atoms with E-state index in [1.165, 1.54) is 59.2 Å². The van der Waals surface area contributed by atoms with Gasteiger partial charge in [0.15, 0.2) is 10.7 Å². The SMILES string of the molecule is CCCC1=NN2C(=N)/C(=C/c3ccc(OS(=O)(=O)c4ccccc4[N+](=O)[O-])cc3)C(=O)N=C2S1. The van der Waals surface area contributed by atoms with Gasteiger partial charge in [-0.25, -0.2) is 0 Å². The van der Waals surface area contributed by atoms with Crippen LogP contribution < -0.4 is 4.18 Å². The van der Waals surface area contributed by atoms with E-state index >= 15 is 0 Å². The Morgan fingerprint density at radius 2 is 1.91 bits per heavy atom. The van der Waals surface area contributed by atoms with Crippen LogP contribution in [0.25, 0.3) is 6.08 Å². The van der Waals surface area contributed by atoms with Crippen molar-refractivity contribution in [2.75, 3.05) is 0 Å². The summed E-state index contributed by atoms with van der Waals surface area (Å²) in [5.41, 5.74) is -0.0678. The first-order valence-corrected chi connectivity index (χ1v) is 12.2. The van der Waals surface area contributed by atoms with Crippen LogP contribution in [0, 0.1) is 15.5 Å². The third kappa shape index (κ3) is 4.61. The van der Waals surface area contributed by atoms with Gasteiger partial charge in [0.25, 0.3) is 11.6 Å². The third-order valence-corrected chi connectivity index (χ3v) is 6.95. The maximum Gasteiger partial charge on any atom is 0.346 e. The number of nitro benzene ring substituents is 1. The zero-order chi connectivity index (χ0) is 24.5. The normalized spacial score (nSPS) is 16.9. The lowest BCUT2D eigenvalue weighted by molar-refractivity contribution is -0.387. The third-order valence-electron chi connectivity index (χ3n) is 4.69. The number of hydrogen-bond donors (Lipinski definition) is 1. The Bertz CT molecular complexity index is 1400. The molecule has 0 bridgehead atoms. The van der Waals surface area contributed by atoms with E-state index in [9.17, 15) is 23.3 Å². The Balaban J connectivity index is 1.55. The molecular weight excluding hydrogens is 482 g/mol. The number of hydrogen-bond acceptors (Lipinski definition) is 9. The number of thioether (sulfide) groups is 1. The number of nitrogens with zero attached hydrogens (tertiary/aromatic N) is 4. The number of amides is 1. The van der Waals surface area contributed by atoms with Crippen molar-refractivity contribution in [3.63, 3.8) is 0 Å². The fraction of sp³-hybridized carbons (Fsp3) is 0.143. The molecule has 2 aliphatic heterocycles. The summed E-state index contributed by atoms with van der Waals surface area (Å²) in [5.74, 6) is -0.751. The van der Waals surface area contributed by atoms with Crippen LogP contribution in [0.4, 0.5) is 5.69 Å². The van der Waals surface area contributed by atoms with E-state index < -0.39 is 31.5 Å². The van der Waals surface area contributed by atoms with Crippen LogP contribution in [-0.2, 0) is 14.9 Å². The molecule has 1 N–H and O–H groups in total. The molecule has 0 aromatic heterocycles. The molecule has 0 saturated carbocycles. The number of hydrazone groups is 1. The number of benzene rings is 2. The molecule has 0 aliphatic carbocycles. The Morgan fingerprint density at radius 1 is 1.21 bits per heavy atom. The largest absolute Gasteiger partial charge is 0.379 e. The van der Waals surface area contributed by atoms with E-state index in [0.29, 0.717) is 10.7 Å². The highest BCUT2D eigenvalue weighted by atomic mass is 32.2. The second kappa shape index (κ2) is 9.19. The van der Waals surface area contributed by atoms with Gasteiger partial charge in [-0.05, 0) is 54.4 Å². The molecule has 2 heterocycles. The van der Waals surface area contributed by atoms with Gasteiger partial charge in [-0.15, -0.1) is 0 Å². The number of aliphatic imine (C=N–C) groups is 1. The summed E-state index contributed by atoms with van der Waals surface area (Å²) < 4.78 is 30.1. The fourth-order valence-corrected chi connectivity index (χ4v) is 5.21. The molecule has 2 aromatic carbocycles. The molecule has 11 nitrogen and oxygen atoms in total. The van der Waals surface area contributed by atoms with Crippen molar-refractivity contribution < 1.29 is 22.3 Å². The van der Waals surface area contributed by atoms with Gasteiger partial charge in [-0.3, -0.25) is 20.3 Å². The van der Waals surface area contributed by atoms with E-state index in [-0.39, 0.29) is 17.2 Å². The molecular formula is C21H17N5O6S2. The number of amidine groups is 2. The van der Waals surface area contributed by atoms with Crippen molar-refractivity contribution in [3.8, 4) is 5.75 Å². The highest BCUT2D eigenvalue weighted by molar-refractivity contribution is 8.26. The predicted octanol–water partition coefficient (Wildman–Crippen LogP) is 3.78. The van der Waals surface area contributed by atoms with Gasteiger partial charge < -0.3 is 4.18 Å². The zero-order valence-corrected chi connectivity index (χ0v) is 19.3. The van der Waals surface area contributed by atoms with Crippen LogP contribution in [0.15, 0.2) is 69.1 Å². The number of fused-ring (bicyclic) bond motifs is 1. The van der Waals surface area contributed by atoms with E-state index in [0.717, 1.165) is 30.0 Å². The minimum absolute atomic E-state index is 0.0343. The number of carbonyl (C=O) groups excluding carboxylic acids is 1. The van der Waals surface area contributed by atoms with Crippen LogP contribution in [0.3, 0.4) is 0 Å². The maximum atomic E-state index is 12.5. The Hall–Kier alpha value is -3.84. The van der Waals surface area contributed by atoms with Crippen molar-refractivity contribution in [2.24, 2.45) is 10.1 Å². The van der Waals surface area contributed by atoms with Gasteiger partial charge in [0.1, 0.15) is 10.8 Å². The summed E-state index contributed by atoms with van der Waals surface area (Å²) in [7, 11) is -4.45. The van der Waals surface area contributed by atoms with Crippen LogP contribution in [0.5, 0.6) is 5.75 Å². The molecule has 2 aliphatic rings. The van der Waals surface area contributed by atoms with Gasteiger partial charge in [0.05, 0.1) is 10.5 Å². The van der Waals surface area contributed by atoms with E-state index in [1.807, 2.05) is 6.92 Å². The van der Waals surface area contributed by atoms with Crippen LogP contribution >= 0.6 is 11.8 Å². The van der Waals surface area contributed by atoms with Crippen LogP contribution in [0.1, 0.15) is 25.3 Å². The number of para-hydroxylation sites is 1. The van der Waals surface area contributed by atoms with E-state index in [1.54, 1.807) is 0 Å². The molecule has 13 heteroatoms. The van der Waals surface area contributed by atoms with Crippen molar-refractivity contribution in [2.45, 2.75) is 24.7 Å². The summed E-state index contributed by atoms with van der Waals surface area (Å²) >= 11 is 1.26. The number of rotatable bonds is 7. The Kier molecular flexibility index (Phi) is 6.30. The zero-order valence-electron chi connectivity index (χ0n) is 17.7. The summed E-state index contributed by atoms with van der Waals surface area (Å²) in [6, 6.07) is 10.5. The molecule has 2 aromatic rings. The van der Waals surface area contributed by atoms with Gasteiger partial charge in [0.2, 0.25) is 5.17 Å². The quantitative estimate of drug-likeness (QED) is 0.261. The molecule has 0 fully saturated rings. The monoisotopic (exact) mass is 499 g/mol. The van der Waals surface area contributed by atoms with Crippen LogP contribution in [0.2, 0.25) is 0 Å². The second-order valence-electron chi connectivity index (χ2n) is 7.10. The Labute approximate surface area is 198 Å². The first kappa shape index (κ1) is 23.3. The minimum Gasteiger partial charge on any atom is -0.379 e. The van der Waals surface area contributed by atoms with E-state index in [4.69, 9.17) is 9.59 Å². The summed E-state index contributed by atoms with van der Waals surface area (Å²) in [5, 5.41) is 26.3. The lowest BCUT2D eigenvalue weighted by Crippen LogP contribution is -2.35. The van der Waals surface area contributed by atoms with Crippen molar-refractivity contribution >= 4 is 55.6 Å². The van der Waals surface area contributed by atoms with Crippen molar-refractivity contribution in [3.05, 3.63) is 69.8 Å². The minimum atomic E-state index is -4.45. The number of nitrogens with one attached hydrogen (secondary N) is 1. The highest BCUT2D eigenvalue weighted by Gasteiger charge is 2.35. The van der Waals surface area contributed by atoms with Crippen molar-refractivity contribution in [1.29, 1.82) is 5.41 Å². The first-order chi connectivity index (χ1) is 16.2. The average molecular weight is 500 g/mol. The van der Waals surface area contributed by atoms with Gasteiger partial charge >= 0.3 is 10.1 Å². The fourth-order valence-electron chi connectivity index (χ4n) is 3.12. The number of nitro groups is 1. The lowest BCUT2D eigenvalue weighted by atomic mass is 10.1. The molecule has 0 saturated heterocycles. The Morgan fingerprint density at radius 3 is 2.59 bits per heavy atom. The first-order valence-electron chi connectivity index (χ1n) is 9.96. The maximum absolute atomic E-state index is 12.5. The molecule has 0 unspecified atom stereocenters. The summed E-state index contributed by atoms with van der Waals surface area (Å²) in [6.45, 7) is 2.00. The van der Waals surface area contributed by atoms with Gasteiger partial charge in [-0.2, -0.15) is 23.5 Å². The summed E-state index contributed by atoms with van der Waals surface area (Å²) in [4.78, 5) is 26.3. The molecule has 4 rings (SSSR count). The molecule has 34 heavy (non-hydrogen) atoms. The molecule has 0 atom stereocenters. The number of carbonyl (C=O) groups is 1. The molecule has 1 amide bonds. The molecule has 0 radical (unpaired) electrons. The van der Waals surface area contributed by atoms with Crippen LogP contribution in [-0.4, -0.2) is 40.3 Å². The molecule has 174 valence electrons. The van der Waals surface area contributed by atoms with Gasteiger partial charge in [0, 0.05) is 6.07 Å². The standard InChI is InChI=1S/C21H17N5O6S2/c1-2-5-18-24-25-19(22)15(20(27)23-21(25)33-18)12-13-8-10-14(11-9-13)32-34(30,31)17-7-4-3-6-16(17)26(28)29/h3-4,6-12,22H,2,5H2,1H3/b15-12-,22-19?. The topological polar surface area (TPSA) is 155 Å². The van der Waals surface area contributed by atoms with E-state index in [2.05, 4.69) is 10.1 Å². The summed E-state index contributed by atoms with van der Waals surface area (Å²) in [6.07, 6.45) is 3.04.